The zero-order chi connectivity index (χ0) is 21.7. The number of anilines is 3. The molecule has 30 heavy (non-hydrogen) atoms. The van der Waals surface area contributed by atoms with Crippen LogP contribution in [0.1, 0.15) is 40.5 Å². The van der Waals surface area contributed by atoms with Gasteiger partial charge in [-0.25, -0.2) is 9.59 Å². The summed E-state index contributed by atoms with van der Waals surface area (Å²) in [5, 5.41) is 8.42. The Bertz CT molecular complexity index is 937. The summed E-state index contributed by atoms with van der Waals surface area (Å²) in [7, 11) is 3.73. The van der Waals surface area contributed by atoms with Crippen LogP contribution in [-0.2, 0) is 4.74 Å². The first-order valence-electron chi connectivity index (χ1n) is 9.84. The summed E-state index contributed by atoms with van der Waals surface area (Å²) >= 11 is 0. The number of carbonyl (C=O) groups excluding carboxylic acids is 3. The van der Waals surface area contributed by atoms with Crippen LogP contribution in [0.25, 0.3) is 0 Å². The van der Waals surface area contributed by atoms with Crippen molar-refractivity contribution in [2.24, 2.45) is 0 Å². The van der Waals surface area contributed by atoms with E-state index in [1.807, 2.05) is 19.0 Å². The lowest BCUT2D eigenvalue weighted by Crippen LogP contribution is -2.28. The Morgan fingerprint density at radius 2 is 1.63 bits per heavy atom. The Balaban J connectivity index is 1.67. The first-order chi connectivity index (χ1) is 14.4. The lowest BCUT2D eigenvalue weighted by molar-refractivity contribution is 0.0526. The molecule has 1 saturated carbocycles. The van der Waals surface area contributed by atoms with E-state index in [0.717, 1.165) is 18.5 Å². The molecule has 0 spiro atoms. The van der Waals surface area contributed by atoms with E-state index >= 15 is 0 Å². The van der Waals surface area contributed by atoms with Gasteiger partial charge in [0.05, 0.1) is 17.7 Å². The Morgan fingerprint density at radius 3 is 2.23 bits per heavy atom. The molecule has 0 aromatic heterocycles. The summed E-state index contributed by atoms with van der Waals surface area (Å²) in [5.41, 5.74) is 2.71. The molecule has 8 nitrogen and oxygen atoms in total. The van der Waals surface area contributed by atoms with Crippen LogP contribution in [0.5, 0.6) is 0 Å². The topological polar surface area (TPSA) is 99.8 Å². The molecule has 158 valence electrons. The highest BCUT2D eigenvalue weighted by atomic mass is 16.5. The van der Waals surface area contributed by atoms with Gasteiger partial charge < -0.3 is 25.6 Å². The van der Waals surface area contributed by atoms with E-state index in [9.17, 15) is 14.4 Å². The number of nitrogens with one attached hydrogen (secondary N) is 3. The smallest absolute Gasteiger partial charge is 0.338 e. The Kier molecular flexibility index (Phi) is 6.56. The van der Waals surface area contributed by atoms with Gasteiger partial charge >= 0.3 is 12.0 Å². The molecule has 3 amide bonds. The van der Waals surface area contributed by atoms with Crippen molar-refractivity contribution in [3.63, 3.8) is 0 Å². The lowest BCUT2D eigenvalue weighted by atomic mass is 10.1. The van der Waals surface area contributed by atoms with Crippen molar-refractivity contribution in [3.05, 3.63) is 53.6 Å². The largest absolute Gasteiger partial charge is 0.462 e. The number of ether oxygens (including phenoxy) is 1. The number of amides is 3. The molecule has 0 heterocycles. The number of carbonyl (C=O) groups is 3. The maximum absolute atomic E-state index is 12.6. The average molecular weight is 410 g/mol. The van der Waals surface area contributed by atoms with Gasteiger partial charge in [0, 0.05) is 37.2 Å². The van der Waals surface area contributed by atoms with Crippen LogP contribution < -0.4 is 20.9 Å². The highest BCUT2D eigenvalue weighted by Crippen LogP contribution is 2.25. The van der Waals surface area contributed by atoms with Crippen LogP contribution in [0, 0.1) is 0 Å². The number of hydrogen-bond acceptors (Lipinski definition) is 5. The van der Waals surface area contributed by atoms with Crippen LogP contribution in [-0.4, -0.2) is 44.7 Å². The third kappa shape index (κ3) is 5.50. The van der Waals surface area contributed by atoms with Gasteiger partial charge in [0.1, 0.15) is 0 Å². The maximum Gasteiger partial charge on any atom is 0.338 e. The van der Waals surface area contributed by atoms with E-state index in [1.54, 1.807) is 49.4 Å². The van der Waals surface area contributed by atoms with E-state index in [-0.39, 0.29) is 11.9 Å². The second-order valence-electron chi connectivity index (χ2n) is 7.25. The molecule has 8 heteroatoms. The summed E-state index contributed by atoms with van der Waals surface area (Å²) in [4.78, 5) is 38.5. The standard InChI is InChI=1S/C22H26N4O4/c1-4-30-21(28)14-5-7-16(8-6-14)24-22(29)25-17-11-12-19(26(2)3)18(13-17)20(27)23-15-9-10-15/h5-8,11-13,15H,4,9-10H2,1-3H3,(H,23,27)(H2,24,25,29). The Labute approximate surface area is 175 Å². The summed E-state index contributed by atoms with van der Waals surface area (Å²) in [6.07, 6.45) is 2.00. The fourth-order valence-electron chi connectivity index (χ4n) is 2.87. The van der Waals surface area contributed by atoms with Crippen LogP contribution in [0.15, 0.2) is 42.5 Å². The molecule has 0 atom stereocenters. The minimum atomic E-state index is -0.454. The van der Waals surface area contributed by atoms with Gasteiger partial charge in [-0.1, -0.05) is 0 Å². The molecule has 2 aromatic rings. The Hall–Kier alpha value is -3.55. The molecule has 1 aliphatic carbocycles. The van der Waals surface area contributed by atoms with Crippen molar-refractivity contribution in [2.45, 2.75) is 25.8 Å². The van der Waals surface area contributed by atoms with Gasteiger partial charge in [0.15, 0.2) is 0 Å². The molecule has 3 N–H and O–H groups in total. The molecule has 0 saturated heterocycles. The van der Waals surface area contributed by atoms with Gasteiger partial charge in [-0.3, -0.25) is 4.79 Å². The Morgan fingerprint density at radius 1 is 1.00 bits per heavy atom. The zero-order valence-corrected chi connectivity index (χ0v) is 17.3. The number of benzene rings is 2. The van der Waals surface area contributed by atoms with Crippen LogP contribution in [0.3, 0.4) is 0 Å². The summed E-state index contributed by atoms with van der Waals surface area (Å²) < 4.78 is 4.94. The predicted octanol–water partition coefficient (Wildman–Crippen LogP) is 3.47. The van der Waals surface area contributed by atoms with E-state index < -0.39 is 12.0 Å². The second kappa shape index (κ2) is 9.30. The SMILES string of the molecule is CCOC(=O)c1ccc(NC(=O)Nc2ccc(N(C)C)c(C(=O)NC3CC3)c2)cc1. The number of esters is 1. The molecule has 2 aromatic carbocycles. The first-order valence-corrected chi connectivity index (χ1v) is 9.84. The van der Waals surface area contributed by atoms with Crippen molar-refractivity contribution < 1.29 is 19.1 Å². The molecule has 0 unspecified atom stereocenters. The van der Waals surface area contributed by atoms with Crippen molar-refractivity contribution >= 4 is 35.0 Å². The van der Waals surface area contributed by atoms with Crippen molar-refractivity contribution in [1.82, 2.24) is 5.32 Å². The molecular weight excluding hydrogens is 384 g/mol. The average Bonchev–Trinajstić information content (AvgIpc) is 3.52. The van der Waals surface area contributed by atoms with Gasteiger partial charge in [-0.2, -0.15) is 0 Å². The fraction of sp³-hybridized carbons (Fsp3) is 0.318. The van der Waals surface area contributed by atoms with E-state index in [4.69, 9.17) is 4.74 Å². The monoisotopic (exact) mass is 410 g/mol. The van der Waals surface area contributed by atoms with Crippen LogP contribution in [0.2, 0.25) is 0 Å². The third-order valence-corrected chi connectivity index (χ3v) is 4.55. The molecule has 0 aliphatic heterocycles. The predicted molar refractivity (Wildman–Crippen MR) is 116 cm³/mol. The van der Waals surface area contributed by atoms with Gasteiger partial charge in [-0.15, -0.1) is 0 Å². The number of urea groups is 1. The quantitative estimate of drug-likeness (QED) is 0.607. The van der Waals surface area contributed by atoms with Gasteiger partial charge in [0.25, 0.3) is 5.91 Å². The number of hydrogen-bond donors (Lipinski definition) is 3. The highest BCUT2D eigenvalue weighted by molar-refractivity contribution is 6.04. The molecule has 1 aliphatic rings. The molecule has 0 radical (unpaired) electrons. The highest BCUT2D eigenvalue weighted by Gasteiger charge is 2.25. The number of rotatable bonds is 7. The molecule has 3 rings (SSSR count). The second-order valence-corrected chi connectivity index (χ2v) is 7.25. The van der Waals surface area contributed by atoms with E-state index in [1.165, 1.54) is 0 Å². The minimum absolute atomic E-state index is 0.153. The fourth-order valence-corrected chi connectivity index (χ4v) is 2.87. The minimum Gasteiger partial charge on any atom is -0.462 e. The molecular formula is C22H26N4O4. The summed E-state index contributed by atoms with van der Waals surface area (Å²) in [6, 6.07) is 11.4. The van der Waals surface area contributed by atoms with Gasteiger partial charge in [-0.05, 0) is 62.2 Å². The normalized spacial score (nSPS) is 12.6. The van der Waals surface area contributed by atoms with Crippen molar-refractivity contribution in [2.75, 3.05) is 36.2 Å². The summed E-state index contributed by atoms with van der Waals surface area (Å²) in [6.45, 7) is 2.04. The number of nitrogens with zero attached hydrogens (tertiary/aromatic N) is 1. The van der Waals surface area contributed by atoms with E-state index in [2.05, 4.69) is 16.0 Å². The van der Waals surface area contributed by atoms with E-state index in [0.29, 0.717) is 29.1 Å². The van der Waals surface area contributed by atoms with Crippen molar-refractivity contribution in [3.8, 4) is 0 Å². The van der Waals surface area contributed by atoms with Crippen LogP contribution in [0.4, 0.5) is 21.9 Å². The maximum atomic E-state index is 12.6. The van der Waals surface area contributed by atoms with Crippen LogP contribution >= 0.6 is 0 Å². The lowest BCUT2D eigenvalue weighted by Gasteiger charge is -2.18. The molecule has 0 bridgehead atoms. The third-order valence-electron chi connectivity index (χ3n) is 4.55. The molecule has 1 fully saturated rings. The zero-order valence-electron chi connectivity index (χ0n) is 17.3. The van der Waals surface area contributed by atoms with Crippen molar-refractivity contribution in [1.29, 1.82) is 0 Å². The van der Waals surface area contributed by atoms with Gasteiger partial charge in [0.2, 0.25) is 0 Å². The first kappa shape index (κ1) is 21.2. The summed E-state index contributed by atoms with van der Waals surface area (Å²) in [5.74, 6) is -0.564.